The van der Waals surface area contributed by atoms with Gasteiger partial charge in [0.2, 0.25) is 5.91 Å². The smallest absolute Gasteiger partial charge is 0.256 e. The Morgan fingerprint density at radius 3 is 2.47 bits per heavy atom. The molecule has 2 aliphatic rings. The third-order valence-electron chi connectivity index (χ3n) is 9.25. The van der Waals surface area contributed by atoms with Gasteiger partial charge in [0.25, 0.3) is 5.91 Å². The maximum absolute atomic E-state index is 14.4. The van der Waals surface area contributed by atoms with E-state index < -0.39 is 12.2 Å². The highest BCUT2D eigenvalue weighted by molar-refractivity contribution is 6.31. The van der Waals surface area contributed by atoms with E-state index in [1.807, 2.05) is 48.5 Å². The molecule has 276 valence electrons. The van der Waals surface area contributed by atoms with Crippen LogP contribution in [-0.2, 0) is 20.7 Å². The van der Waals surface area contributed by atoms with Gasteiger partial charge in [-0.15, -0.1) is 0 Å². The molecule has 0 unspecified atom stereocenters. The summed E-state index contributed by atoms with van der Waals surface area (Å²) in [7, 11) is 3.73. The summed E-state index contributed by atoms with van der Waals surface area (Å²) >= 11 is 12.9. The van der Waals surface area contributed by atoms with E-state index in [-0.39, 0.29) is 23.7 Å². The third-order valence-corrected chi connectivity index (χ3v) is 9.85. The summed E-state index contributed by atoms with van der Waals surface area (Å²) in [6.07, 6.45) is 0.932. The lowest BCUT2D eigenvalue weighted by atomic mass is 9.94. The molecule has 3 aromatic rings. The van der Waals surface area contributed by atoms with Gasteiger partial charge in [0.15, 0.2) is 11.5 Å². The predicted octanol–water partition coefficient (Wildman–Crippen LogP) is 7.02. The highest BCUT2D eigenvalue weighted by Gasteiger charge is 2.40. The highest BCUT2D eigenvalue weighted by Crippen LogP contribution is 2.46. The molecule has 2 aliphatic heterocycles. The molecule has 5 rings (SSSR count). The van der Waals surface area contributed by atoms with Crippen LogP contribution in [-0.4, -0.2) is 94.3 Å². The monoisotopic (exact) mass is 738 g/mol. The van der Waals surface area contributed by atoms with Crippen molar-refractivity contribution in [1.29, 1.82) is 0 Å². The minimum atomic E-state index is -1.02. The second-order valence-electron chi connectivity index (χ2n) is 14.6. The van der Waals surface area contributed by atoms with E-state index in [1.165, 1.54) is 5.56 Å². The number of hydrogen-bond acceptors (Lipinski definition) is 7. The van der Waals surface area contributed by atoms with E-state index in [9.17, 15) is 9.59 Å². The van der Waals surface area contributed by atoms with E-state index >= 15 is 0 Å². The maximum atomic E-state index is 14.4. The molecular formula is C40H52Cl2N4O5. The van der Waals surface area contributed by atoms with Crippen LogP contribution in [0.25, 0.3) is 0 Å². The fraction of sp³-hybridized carbons (Fsp3) is 0.500. The van der Waals surface area contributed by atoms with Crippen molar-refractivity contribution >= 4 is 40.7 Å². The van der Waals surface area contributed by atoms with E-state index in [0.29, 0.717) is 54.0 Å². The van der Waals surface area contributed by atoms with Crippen LogP contribution in [0.3, 0.4) is 0 Å². The predicted molar refractivity (Wildman–Crippen MR) is 204 cm³/mol. The van der Waals surface area contributed by atoms with Gasteiger partial charge in [-0.3, -0.25) is 9.59 Å². The molecule has 0 aliphatic carbocycles. The van der Waals surface area contributed by atoms with Crippen LogP contribution in [0.15, 0.2) is 60.7 Å². The van der Waals surface area contributed by atoms with Crippen molar-refractivity contribution in [2.24, 2.45) is 5.41 Å². The van der Waals surface area contributed by atoms with E-state index in [0.717, 1.165) is 56.0 Å². The standard InChI is InChI=1S/C40H52Cl2N4O5/c1-40(2,3)27-46-33-17-16-29(41)25-31(33)37(51-35(39(46)48)26-36(47)45-22-18-43-19-23-45)30-13-8-15-34(38(30)49-5)50-24-10-21-44(4)20-9-12-28-11-6-7-14-32(28)42/h6-8,11,13-17,25,35,37,43H,9-10,12,18-24,26-27H2,1-5H3/t35-,37-/m0/s1. The summed E-state index contributed by atoms with van der Waals surface area (Å²) in [5.74, 6) is 0.748. The van der Waals surface area contributed by atoms with Crippen LogP contribution >= 0.6 is 23.2 Å². The second-order valence-corrected chi connectivity index (χ2v) is 15.5. The van der Waals surface area contributed by atoms with Crippen LogP contribution in [0.1, 0.15) is 62.8 Å². The molecule has 11 heteroatoms. The van der Waals surface area contributed by atoms with Crippen molar-refractivity contribution in [3.05, 3.63) is 87.4 Å². The van der Waals surface area contributed by atoms with Gasteiger partial charge < -0.3 is 34.2 Å². The van der Waals surface area contributed by atoms with Crippen molar-refractivity contribution in [3.63, 3.8) is 0 Å². The normalized spacial score (nSPS) is 18.1. The summed E-state index contributed by atoms with van der Waals surface area (Å²) < 4.78 is 19.1. The maximum Gasteiger partial charge on any atom is 0.256 e. The summed E-state index contributed by atoms with van der Waals surface area (Å²) in [5.41, 5.74) is 3.07. The Hall–Kier alpha value is -3.34. The number of nitrogens with one attached hydrogen (secondary N) is 1. The Morgan fingerprint density at radius 2 is 1.75 bits per heavy atom. The Bertz CT molecular complexity index is 1640. The third kappa shape index (κ3) is 10.4. The zero-order valence-electron chi connectivity index (χ0n) is 30.6. The molecule has 2 atom stereocenters. The van der Waals surface area contributed by atoms with Gasteiger partial charge in [0.1, 0.15) is 12.2 Å². The van der Waals surface area contributed by atoms with Gasteiger partial charge in [0, 0.05) is 66.1 Å². The number of carbonyl (C=O) groups excluding carboxylic acids is 2. The lowest BCUT2D eigenvalue weighted by Crippen LogP contribution is -2.49. The lowest BCUT2D eigenvalue weighted by molar-refractivity contribution is -0.143. The first kappa shape index (κ1) is 38.9. The molecule has 3 aromatic carbocycles. The minimum absolute atomic E-state index is 0.0674. The molecule has 0 spiro atoms. The minimum Gasteiger partial charge on any atom is -0.492 e. The number of hydrogen-bond donors (Lipinski definition) is 1. The molecular weight excluding hydrogens is 687 g/mol. The zero-order valence-corrected chi connectivity index (χ0v) is 32.1. The summed E-state index contributed by atoms with van der Waals surface area (Å²) in [6, 6.07) is 19.2. The number of amides is 2. The molecule has 0 bridgehead atoms. The Morgan fingerprint density at radius 1 is 1.00 bits per heavy atom. The molecule has 0 saturated carbocycles. The molecule has 1 saturated heterocycles. The number of halogens is 2. The molecule has 1 fully saturated rings. The number of aryl methyl sites for hydroxylation is 1. The van der Waals surface area contributed by atoms with Gasteiger partial charge >= 0.3 is 0 Å². The molecule has 0 radical (unpaired) electrons. The van der Waals surface area contributed by atoms with Gasteiger partial charge in [-0.05, 0) is 74.2 Å². The molecule has 2 heterocycles. The van der Waals surface area contributed by atoms with Crippen LogP contribution in [0.2, 0.25) is 10.0 Å². The van der Waals surface area contributed by atoms with Gasteiger partial charge in [0.05, 0.1) is 20.1 Å². The van der Waals surface area contributed by atoms with Gasteiger partial charge in [-0.2, -0.15) is 0 Å². The first-order valence-corrected chi connectivity index (χ1v) is 18.7. The number of rotatable bonds is 14. The van der Waals surface area contributed by atoms with E-state index in [1.54, 1.807) is 23.0 Å². The van der Waals surface area contributed by atoms with Crippen LogP contribution in [0.5, 0.6) is 11.5 Å². The van der Waals surface area contributed by atoms with Crippen molar-refractivity contribution < 1.29 is 23.8 Å². The largest absolute Gasteiger partial charge is 0.492 e. The number of carbonyl (C=O) groups is 2. The van der Waals surface area contributed by atoms with Crippen LogP contribution in [0.4, 0.5) is 5.69 Å². The summed E-state index contributed by atoms with van der Waals surface area (Å²) in [6.45, 7) is 11.6. The number of benzene rings is 3. The molecule has 51 heavy (non-hydrogen) atoms. The Labute approximate surface area is 313 Å². The number of anilines is 1. The van der Waals surface area contributed by atoms with Gasteiger partial charge in [-0.25, -0.2) is 0 Å². The molecule has 0 aromatic heterocycles. The number of ether oxygens (including phenoxy) is 3. The number of para-hydroxylation sites is 1. The fourth-order valence-electron chi connectivity index (χ4n) is 6.73. The van der Waals surface area contributed by atoms with E-state index in [2.05, 4.69) is 44.1 Å². The average Bonchev–Trinajstić information content (AvgIpc) is 3.20. The number of nitrogens with zero attached hydrogens (tertiary/aromatic N) is 3. The topological polar surface area (TPSA) is 83.6 Å². The molecule has 1 N–H and O–H groups in total. The first-order valence-electron chi connectivity index (χ1n) is 17.9. The Kier molecular flexibility index (Phi) is 13.7. The second kappa shape index (κ2) is 17.9. The SMILES string of the molecule is COc1c(OCCCN(C)CCCc2ccccc2Cl)cccc1[C@@H]1O[C@@H](CC(=O)N2CCNCC2)C(=O)N(CC(C)(C)C)c2ccc(Cl)cc21. The van der Waals surface area contributed by atoms with E-state index in [4.69, 9.17) is 37.4 Å². The molecule has 9 nitrogen and oxygen atoms in total. The zero-order chi connectivity index (χ0) is 36.5. The van der Waals surface area contributed by atoms with Crippen LogP contribution in [0, 0.1) is 5.41 Å². The highest BCUT2D eigenvalue weighted by atomic mass is 35.5. The lowest BCUT2D eigenvalue weighted by Gasteiger charge is -2.32. The average molecular weight is 740 g/mol. The van der Waals surface area contributed by atoms with Crippen molar-refractivity contribution in [3.8, 4) is 11.5 Å². The van der Waals surface area contributed by atoms with Crippen LogP contribution < -0.4 is 19.7 Å². The molecule has 2 amide bonds. The van der Waals surface area contributed by atoms with Crippen molar-refractivity contribution in [1.82, 2.24) is 15.1 Å². The number of piperazine rings is 1. The van der Waals surface area contributed by atoms with Crippen molar-refractivity contribution in [2.45, 2.75) is 58.7 Å². The first-order chi connectivity index (χ1) is 24.4. The summed E-state index contributed by atoms with van der Waals surface area (Å²) in [4.78, 5) is 33.8. The number of methoxy groups -OCH3 is 1. The van der Waals surface area contributed by atoms with Crippen molar-refractivity contribution in [2.75, 3.05) is 71.5 Å². The number of fused-ring (bicyclic) bond motifs is 1. The Balaban J connectivity index is 1.35. The van der Waals surface area contributed by atoms with Gasteiger partial charge in [-0.1, -0.05) is 74.3 Å². The quantitative estimate of drug-likeness (QED) is 0.178. The fourth-order valence-corrected chi connectivity index (χ4v) is 7.14. The summed E-state index contributed by atoms with van der Waals surface area (Å²) in [5, 5.41) is 4.62.